The largest absolute Gasteiger partial charge is 0.478 e. The summed E-state index contributed by atoms with van der Waals surface area (Å²) in [5, 5.41) is 12.5. The van der Waals surface area contributed by atoms with E-state index in [0.29, 0.717) is 17.1 Å². The molecule has 0 aromatic heterocycles. The van der Waals surface area contributed by atoms with E-state index in [1.54, 1.807) is 6.92 Å². The van der Waals surface area contributed by atoms with Crippen molar-refractivity contribution < 1.29 is 28.9 Å². The Hall–Kier alpha value is -2.15. The van der Waals surface area contributed by atoms with Crippen molar-refractivity contribution in [3.63, 3.8) is 0 Å². The molecule has 3 rings (SSSR count). The molecule has 0 bridgehead atoms. The first-order valence-corrected chi connectivity index (χ1v) is 10.2. The molecule has 2 N–H and O–H groups in total. The summed E-state index contributed by atoms with van der Waals surface area (Å²) < 4.78 is 17.6. The number of rotatable bonds is 3. The molecule has 0 saturated heterocycles. The van der Waals surface area contributed by atoms with Crippen LogP contribution in [0.2, 0.25) is 5.02 Å². The topological polar surface area (TPSA) is 94.1 Å². The minimum Gasteiger partial charge on any atom is -0.478 e. The van der Waals surface area contributed by atoms with E-state index >= 15 is 0 Å². The number of carbonyl (C=O) groups is 2. The molecule has 1 atom stereocenters. The Kier molecular flexibility index (Phi) is 5.64. The normalized spacial score (nSPS) is 26.1. The van der Waals surface area contributed by atoms with Crippen LogP contribution >= 0.6 is 11.6 Å². The number of carboxylic acid groups (broad SMARTS) is 1. The van der Waals surface area contributed by atoms with Crippen molar-refractivity contribution in [3.8, 4) is 11.5 Å². The van der Waals surface area contributed by atoms with E-state index in [1.165, 1.54) is 6.07 Å². The second-order valence-corrected chi connectivity index (χ2v) is 9.32. The number of nitrogens with one attached hydrogen (secondary N) is 1. The zero-order valence-electron chi connectivity index (χ0n) is 17.4. The minimum absolute atomic E-state index is 0.0393. The Morgan fingerprint density at radius 2 is 1.79 bits per heavy atom. The lowest BCUT2D eigenvalue weighted by Crippen LogP contribution is -2.48. The van der Waals surface area contributed by atoms with E-state index in [1.807, 2.05) is 27.7 Å². The molecule has 1 aromatic rings. The molecule has 160 valence electrons. The maximum atomic E-state index is 12.0. The van der Waals surface area contributed by atoms with Gasteiger partial charge in [0.15, 0.2) is 11.5 Å². The van der Waals surface area contributed by atoms with E-state index in [0.717, 1.165) is 25.7 Å². The van der Waals surface area contributed by atoms with Gasteiger partial charge in [-0.25, -0.2) is 9.59 Å². The average molecular weight is 426 g/mol. The second-order valence-electron chi connectivity index (χ2n) is 8.91. The lowest BCUT2D eigenvalue weighted by Gasteiger charge is -2.37. The van der Waals surface area contributed by atoms with Crippen molar-refractivity contribution >= 4 is 23.7 Å². The number of fused-ring (bicyclic) bond motifs is 1. The first-order chi connectivity index (χ1) is 13.4. The van der Waals surface area contributed by atoms with Crippen molar-refractivity contribution in [2.75, 3.05) is 0 Å². The first-order valence-electron chi connectivity index (χ1n) is 9.83. The van der Waals surface area contributed by atoms with Gasteiger partial charge in [0.1, 0.15) is 5.60 Å². The second kappa shape index (κ2) is 7.59. The van der Waals surface area contributed by atoms with E-state index in [9.17, 15) is 14.7 Å². The molecule has 1 aliphatic carbocycles. The summed E-state index contributed by atoms with van der Waals surface area (Å²) in [6.45, 7) is 9.05. The number of amides is 1. The van der Waals surface area contributed by atoms with Gasteiger partial charge in [0.2, 0.25) is 0 Å². The maximum Gasteiger partial charge on any atom is 0.407 e. The highest BCUT2D eigenvalue weighted by molar-refractivity contribution is 6.32. The molecular formula is C21H28ClNO6. The number of aromatic carboxylic acids is 1. The number of hydrogen-bond donors (Lipinski definition) is 2. The molecule has 1 amide bonds. The first kappa shape index (κ1) is 21.6. The predicted octanol–water partition coefficient (Wildman–Crippen LogP) is 4.92. The summed E-state index contributed by atoms with van der Waals surface area (Å²) in [5.41, 5.74) is 0.0747. The van der Waals surface area contributed by atoms with Crippen LogP contribution in [-0.4, -0.2) is 34.6 Å². The smallest absolute Gasteiger partial charge is 0.407 e. The molecule has 0 spiro atoms. The fourth-order valence-electron chi connectivity index (χ4n) is 3.97. The van der Waals surface area contributed by atoms with Crippen molar-refractivity contribution in [2.45, 2.75) is 77.7 Å². The highest BCUT2D eigenvalue weighted by Gasteiger charge is 2.47. The van der Waals surface area contributed by atoms with E-state index in [2.05, 4.69) is 5.32 Å². The van der Waals surface area contributed by atoms with Gasteiger partial charge in [-0.2, -0.15) is 0 Å². The van der Waals surface area contributed by atoms with E-state index < -0.39 is 23.5 Å². The van der Waals surface area contributed by atoms with Crippen LogP contribution in [0.25, 0.3) is 0 Å². The fraction of sp³-hybridized carbons (Fsp3) is 0.619. The minimum atomic E-state index is -1.06. The average Bonchev–Trinajstić information content (AvgIpc) is 2.96. The molecule has 1 heterocycles. The van der Waals surface area contributed by atoms with Crippen LogP contribution in [0.3, 0.4) is 0 Å². The van der Waals surface area contributed by atoms with Crippen LogP contribution in [-0.2, 0) is 4.74 Å². The maximum absolute atomic E-state index is 12.0. The zero-order chi connectivity index (χ0) is 21.6. The number of hydrogen-bond acceptors (Lipinski definition) is 5. The van der Waals surface area contributed by atoms with Crippen LogP contribution in [0.5, 0.6) is 11.5 Å². The molecule has 8 heteroatoms. The molecule has 1 fully saturated rings. The summed E-state index contributed by atoms with van der Waals surface area (Å²) in [5.74, 6) is -1.12. The number of alkyl carbamates (subject to hydrolysis) is 1. The lowest BCUT2D eigenvalue weighted by molar-refractivity contribution is -0.121. The lowest BCUT2D eigenvalue weighted by atomic mass is 9.81. The van der Waals surface area contributed by atoms with Crippen molar-refractivity contribution in [1.82, 2.24) is 5.32 Å². The quantitative estimate of drug-likeness (QED) is 0.713. The Morgan fingerprint density at radius 1 is 1.21 bits per heavy atom. The number of halogens is 1. The number of ether oxygens (including phenoxy) is 3. The molecule has 1 aromatic carbocycles. The highest BCUT2D eigenvalue weighted by Crippen LogP contribution is 2.51. The zero-order valence-corrected chi connectivity index (χ0v) is 18.2. The van der Waals surface area contributed by atoms with Crippen molar-refractivity contribution in [2.24, 2.45) is 5.92 Å². The molecular weight excluding hydrogens is 398 g/mol. The molecule has 7 nitrogen and oxygen atoms in total. The number of benzene rings is 1. The summed E-state index contributed by atoms with van der Waals surface area (Å²) >= 11 is 6.26. The number of carboxylic acids is 1. The summed E-state index contributed by atoms with van der Waals surface area (Å²) in [6.07, 6.45) is 2.71. The highest BCUT2D eigenvalue weighted by atomic mass is 35.5. The van der Waals surface area contributed by atoms with Crippen LogP contribution in [0.4, 0.5) is 4.79 Å². The van der Waals surface area contributed by atoms with Gasteiger partial charge < -0.3 is 24.6 Å². The third-order valence-electron chi connectivity index (χ3n) is 5.47. The van der Waals surface area contributed by atoms with E-state index in [-0.39, 0.29) is 22.5 Å². The van der Waals surface area contributed by atoms with Crippen LogP contribution in [0.1, 0.15) is 69.3 Å². The van der Waals surface area contributed by atoms with Crippen molar-refractivity contribution in [3.05, 3.63) is 22.2 Å². The van der Waals surface area contributed by atoms with Gasteiger partial charge in [-0.15, -0.1) is 0 Å². The van der Waals surface area contributed by atoms with Gasteiger partial charge >= 0.3 is 12.1 Å². The standard InChI is InChI=1S/C21H28ClNO6/c1-11-14(18(24)25)10-15(22)17-16(11)27-21(5,28-17)12-6-8-13(9-7-12)23-19(26)29-20(2,3)4/h10,12-13H,6-9H2,1-5H3,(H,23,26)(H,24,25)/t12-,13-,21-/m1/s1. The summed E-state index contributed by atoms with van der Waals surface area (Å²) in [6, 6.07) is 1.44. The molecule has 1 saturated carbocycles. The Bertz CT molecular complexity index is 825. The Balaban J connectivity index is 1.66. The fourth-order valence-corrected chi connectivity index (χ4v) is 4.20. The van der Waals surface area contributed by atoms with Crippen LogP contribution in [0.15, 0.2) is 6.07 Å². The van der Waals surface area contributed by atoms with Gasteiger partial charge in [0.05, 0.1) is 10.6 Å². The number of carbonyl (C=O) groups excluding carboxylic acids is 1. The summed E-state index contributed by atoms with van der Waals surface area (Å²) in [4.78, 5) is 23.4. The molecule has 1 aliphatic heterocycles. The molecule has 2 aliphatic rings. The third-order valence-corrected chi connectivity index (χ3v) is 5.75. The van der Waals surface area contributed by atoms with Crippen molar-refractivity contribution in [1.29, 1.82) is 0 Å². The van der Waals surface area contributed by atoms with Gasteiger partial charge in [-0.3, -0.25) is 0 Å². The monoisotopic (exact) mass is 425 g/mol. The van der Waals surface area contributed by atoms with Gasteiger partial charge in [0.25, 0.3) is 5.79 Å². The SMILES string of the molecule is Cc1c(C(=O)O)cc(Cl)c2c1O[C@@](C)([C@H]1CC[C@H](NC(=O)OC(C)(C)C)CC1)O2. The molecule has 0 unspecified atom stereocenters. The molecule has 29 heavy (non-hydrogen) atoms. The van der Waals surface area contributed by atoms with Gasteiger partial charge in [0, 0.05) is 24.4 Å². The third kappa shape index (κ3) is 4.55. The predicted molar refractivity (Wildman–Crippen MR) is 108 cm³/mol. The Labute approximate surface area is 175 Å². The van der Waals surface area contributed by atoms with E-state index in [4.69, 9.17) is 25.8 Å². The molecule has 0 radical (unpaired) electrons. The van der Waals surface area contributed by atoms with Crippen LogP contribution < -0.4 is 14.8 Å². The van der Waals surface area contributed by atoms with Gasteiger partial charge in [-0.1, -0.05) is 11.6 Å². The Morgan fingerprint density at radius 3 is 2.34 bits per heavy atom. The van der Waals surface area contributed by atoms with Gasteiger partial charge in [-0.05, 0) is 59.4 Å². The summed E-state index contributed by atoms with van der Waals surface area (Å²) in [7, 11) is 0. The van der Waals surface area contributed by atoms with Crippen LogP contribution in [0, 0.1) is 12.8 Å².